The standard InChI is InChI=1S/C8H16N2O3/c1-12-4-2-10-3-5-13-7(6-9)8(10)11/h7H,2-6,9H2,1H3. The third-order valence-corrected chi connectivity index (χ3v) is 2.05. The highest BCUT2D eigenvalue weighted by Crippen LogP contribution is 2.05. The molecule has 5 heteroatoms. The highest BCUT2D eigenvalue weighted by atomic mass is 16.5. The van der Waals surface area contributed by atoms with E-state index in [4.69, 9.17) is 15.2 Å². The fourth-order valence-corrected chi connectivity index (χ4v) is 1.28. The molecule has 1 aliphatic rings. The van der Waals surface area contributed by atoms with Crippen molar-refractivity contribution in [3.05, 3.63) is 0 Å². The van der Waals surface area contributed by atoms with E-state index in [0.717, 1.165) is 0 Å². The average Bonchev–Trinajstić information content (AvgIpc) is 2.16. The number of carbonyl (C=O) groups is 1. The van der Waals surface area contributed by atoms with Gasteiger partial charge in [-0.15, -0.1) is 0 Å². The fourth-order valence-electron chi connectivity index (χ4n) is 1.28. The Labute approximate surface area is 77.8 Å². The Hall–Kier alpha value is -0.650. The maximum absolute atomic E-state index is 11.5. The lowest BCUT2D eigenvalue weighted by Crippen LogP contribution is -2.51. The molecule has 0 aromatic heterocycles. The van der Waals surface area contributed by atoms with Crippen LogP contribution in [-0.2, 0) is 14.3 Å². The molecule has 0 radical (unpaired) electrons. The Morgan fingerprint density at radius 1 is 1.77 bits per heavy atom. The summed E-state index contributed by atoms with van der Waals surface area (Å²) < 4.78 is 10.1. The van der Waals surface area contributed by atoms with Gasteiger partial charge in [0.25, 0.3) is 5.91 Å². The molecule has 1 amide bonds. The Morgan fingerprint density at radius 3 is 3.15 bits per heavy atom. The molecule has 1 heterocycles. The van der Waals surface area contributed by atoms with Crippen LogP contribution in [0.3, 0.4) is 0 Å². The SMILES string of the molecule is COCCN1CCOC(CN)C1=O. The molecule has 2 N–H and O–H groups in total. The Balaban J connectivity index is 2.40. The van der Waals surface area contributed by atoms with E-state index in [-0.39, 0.29) is 12.5 Å². The molecule has 13 heavy (non-hydrogen) atoms. The zero-order valence-corrected chi connectivity index (χ0v) is 7.86. The summed E-state index contributed by atoms with van der Waals surface area (Å²) in [5, 5.41) is 0. The average molecular weight is 188 g/mol. The summed E-state index contributed by atoms with van der Waals surface area (Å²) in [6.45, 7) is 2.64. The number of nitrogens with zero attached hydrogens (tertiary/aromatic N) is 1. The van der Waals surface area contributed by atoms with Gasteiger partial charge in [-0.3, -0.25) is 4.79 Å². The van der Waals surface area contributed by atoms with E-state index < -0.39 is 6.10 Å². The summed E-state index contributed by atoms with van der Waals surface area (Å²) in [5.41, 5.74) is 5.38. The van der Waals surface area contributed by atoms with Crippen molar-refractivity contribution in [3.63, 3.8) is 0 Å². The van der Waals surface area contributed by atoms with E-state index in [1.165, 1.54) is 0 Å². The van der Waals surface area contributed by atoms with Crippen molar-refractivity contribution in [2.24, 2.45) is 5.73 Å². The lowest BCUT2D eigenvalue weighted by molar-refractivity contribution is -0.152. The van der Waals surface area contributed by atoms with E-state index in [1.807, 2.05) is 0 Å². The molecule has 0 aromatic carbocycles. The Morgan fingerprint density at radius 2 is 2.54 bits per heavy atom. The molecule has 0 aromatic rings. The number of morpholine rings is 1. The van der Waals surface area contributed by atoms with Crippen LogP contribution in [-0.4, -0.2) is 56.9 Å². The van der Waals surface area contributed by atoms with E-state index in [1.54, 1.807) is 12.0 Å². The van der Waals surface area contributed by atoms with Gasteiger partial charge in [0.1, 0.15) is 6.10 Å². The van der Waals surface area contributed by atoms with Crippen LogP contribution in [0.5, 0.6) is 0 Å². The molecular weight excluding hydrogens is 172 g/mol. The van der Waals surface area contributed by atoms with Crippen LogP contribution in [0, 0.1) is 0 Å². The van der Waals surface area contributed by atoms with Crippen molar-refractivity contribution in [2.45, 2.75) is 6.10 Å². The van der Waals surface area contributed by atoms with Crippen molar-refractivity contribution in [3.8, 4) is 0 Å². The summed E-state index contributed by atoms with van der Waals surface area (Å²) in [5.74, 6) is -0.0224. The number of ether oxygens (including phenoxy) is 2. The van der Waals surface area contributed by atoms with Crippen molar-refractivity contribution < 1.29 is 14.3 Å². The van der Waals surface area contributed by atoms with E-state index >= 15 is 0 Å². The number of hydrogen-bond acceptors (Lipinski definition) is 4. The molecule has 0 saturated carbocycles. The molecule has 1 rings (SSSR count). The van der Waals surface area contributed by atoms with Crippen LogP contribution >= 0.6 is 0 Å². The second kappa shape index (κ2) is 5.16. The van der Waals surface area contributed by atoms with Crippen molar-refractivity contribution in [1.82, 2.24) is 4.90 Å². The molecule has 0 aliphatic carbocycles. The van der Waals surface area contributed by atoms with Crippen LogP contribution in [0.25, 0.3) is 0 Å². The van der Waals surface area contributed by atoms with E-state index in [0.29, 0.717) is 26.3 Å². The number of hydrogen-bond donors (Lipinski definition) is 1. The number of amides is 1. The topological polar surface area (TPSA) is 64.8 Å². The molecule has 5 nitrogen and oxygen atoms in total. The summed E-state index contributed by atoms with van der Waals surface area (Å²) in [6, 6.07) is 0. The maximum atomic E-state index is 11.5. The van der Waals surface area contributed by atoms with Gasteiger partial charge in [0, 0.05) is 26.7 Å². The van der Waals surface area contributed by atoms with Gasteiger partial charge in [-0.1, -0.05) is 0 Å². The minimum absolute atomic E-state index is 0.0224. The summed E-state index contributed by atoms with van der Waals surface area (Å²) in [6.07, 6.45) is -0.453. The molecule has 0 bridgehead atoms. The zero-order valence-electron chi connectivity index (χ0n) is 7.86. The van der Waals surface area contributed by atoms with Gasteiger partial charge in [-0.2, -0.15) is 0 Å². The fraction of sp³-hybridized carbons (Fsp3) is 0.875. The first-order valence-electron chi connectivity index (χ1n) is 4.39. The predicted molar refractivity (Wildman–Crippen MR) is 47.3 cm³/mol. The van der Waals surface area contributed by atoms with Crippen LogP contribution in [0.4, 0.5) is 0 Å². The predicted octanol–water partition coefficient (Wildman–Crippen LogP) is -1.18. The van der Waals surface area contributed by atoms with Crippen molar-refractivity contribution in [2.75, 3.05) is 40.0 Å². The molecule has 1 fully saturated rings. The highest BCUT2D eigenvalue weighted by Gasteiger charge is 2.27. The van der Waals surface area contributed by atoms with Gasteiger partial charge in [0.05, 0.1) is 13.2 Å². The number of methoxy groups -OCH3 is 1. The molecule has 0 spiro atoms. The number of nitrogens with two attached hydrogens (primary N) is 1. The summed E-state index contributed by atoms with van der Waals surface area (Å²) in [4.78, 5) is 13.3. The first-order valence-corrected chi connectivity index (χ1v) is 4.39. The van der Waals surface area contributed by atoms with Crippen LogP contribution in [0.2, 0.25) is 0 Å². The normalized spacial score (nSPS) is 23.7. The Kier molecular flexibility index (Phi) is 4.14. The zero-order chi connectivity index (χ0) is 9.68. The third-order valence-electron chi connectivity index (χ3n) is 2.05. The highest BCUT2D eigenvalue weighted by molar-refractivity contribution is 5.81. The second-order valence-electron chi connectivity index (χ2n) is 2.91. The second-order valence-corrected chi connectivity index (χ2v) is 2.91. The third kappa shape index (κ3) is 2.65. The molecule has 76 valence electrons. The van der Waals surface area contributed by atoms with Gasteiger partial charge in [-0.25, -0.2) is 0 Å². The van der Waals surface area contributed by atoms with Crippen LogP contribution in [0.15, 0.2) is 0 Å². The van der Waals surface area contributed by atoms with E-state index in [9.17, 15) is 4.79 Å². The minimum atomic E-state index is -0.453. The van der Waals surface area contributed by atoms with Gasteiger partial charge >= 0.3 is 0 Å². The quantitative estimate of drug-likeness (QED) is 0.603. The lowest BCUT2D eigenvalue weighted by atomic mass is 10.2. The first-order chi connectivity index (χ1) is 6.29. The minimum Gasteiger partial charge on any atom is -0.383 e. The Bertz CT molecular complexity index is 175. The van der Waals surface area contributed by atoms with Crippen LogP contribution in [0.1, 0.15) is 0 Å². The van der Waals surface area contributed by atoms with E-state index in [2.05, 4.69) is 0 Å². The smallest absolute Gasteiger partial charge is 0.253 e. The molecule has 1 aliphatic heterocycles. The molecular formula is C8H16N2O3. The number of rotatable bonds is 4. The monoisotopic (exact) mass is 188 g/mol. The van der Waals surface area contributed by atoms with Crippen molar-refractivity contribution >= 4 is 5.91 Å². The molecule has 1 saturated heterocycles. The lowest BCUT2D eigenvalue weighted by Gasteiger charge is -2.31. The van der Waals surface area contributed by atoms with Gasteiger partial charge in [0.15, 0.2) is 0 Å². The first kappa shape index (κ1) is 10.4. The van der Waals surface area contributed by atoms with Gasteiger partial charge in [-0.05, 0) is 0 Å². The van der Waals surface area contributed by atoms with Gasteiger partial charge < -0.3 is 20.1 Å². The largest absolute Gasteiger partial charge is 0.383 e. The van der Waals surface area contributed by atoms with Crippen LogP contribution < -0.4 is 5.73 Å². The molecule has 1 unspecified atom stereocenters. The molecule has 1 atom stereocenters. The summed E-state index contributed by atoms with van der Waals surface area (Å²) in [7, 11) is 1.62. The summed E-state index contributed by atoms with van der Waals surface area (Å²) >= 11 is 0. The van der Waals surface area contributed by atoms with Crippen molar-refractivity contribution in [1.29, 1.82) is 0 Å². The number of carbonyl (C=O) groups excluding carboxylic acids is 1. The maximum Gasteiger partial charge on any atom is 0.253 e. The van der Waals surface area contributed by atoms with Gasteiger partial charge in [0.2, 0.25) is 0 Å².